The molecule has 8 nitrogen and oxygen atoms in total. The summed E-state index contributed by atoms with van der Waals surface area (Å²) in [6.45, 7) is 11.2. The standard InChI is InChI=1S/C24H41N3O5S.C7H8/c1-18(15-24(2,3)4)26-23(20-7-6-8-20)14-13-22(28)16-25-33(31,32-5)17-19-9-11-21(12-10-19)27(29)30;1-7-5-3-2-4-6-7/h9-12,18,22,25-26,28,31H,6-8,13-17H2,1-5H3;2-6H,1H3. The molecule has 1 fully saturated rings. The lowest BCUT2D eigenvalue weighted by molar-refractivity contribution is -0.384. The van der Waals surface area contributed by atoms with Gasteiger partial charge in [-0.15, -0.1) is 10.8 Å². The van der Waals surface area contributed by atoms with E-state index in [-0.39, 0.29) is 23.4 Å². The molecule has 3 atom stereocenters. The number of aliphatic hydroxyl groups is 1. The number of nitro groups is 1. The van der Waals surface area contributed by atoms with Crippen LogP contribution >= 0.6 is 10.8 Å². The van der Waals surface area contributed by atoms with E-state index < -0.39 is 21.8 Å². The monoisotopic (exact) mass is 575 g/mol. The molecule has 4 N–H and O–H groups in total. The number of hydrogen-bond acceptors (Lipinski definition) is 7. The first kappa shape index (κ1) is 33.8. The highest BCUT2D eigenvalue weighted by Crippen LogP contribution is 2.43. The molecule has 0 bridgehead atoms. The molecule has 0 saturated heterocycles. The summed E-state index contributed by atoms with van der Waals surface area (Å²) in [5, 5.41) is 25.1. The quantitative estimate of drug-likeness (QED) is 0.145. The maximum atomic E-state index is 10.8. The molecule has 3 unspecified atom stereocenters. The second-order valence-corrected chi connectivity index (χ2v) is 14.0. The first-order valence-electron chi connectivity index (χ1n) is 14.0. The number of nitrogens with zero attached hydrogens (tertiary/aromatic N) is 1. The van der Waals surface area contributed by atoms with E-state index in [4.69, 9.17) is 4.18 Å². The van der Waals surface area contributed by atoms with Crippen molar-refractivity contribution in [1.82, 2.24) is 10.0 Å². The number of allylic oxidation sites excluding steroid dienone is 2. The van der Waals surface area contributed by atoms with Crippen molar-refractivity contribution < 1.29 is 18.8 Å². The van der Waals surface area contributed by atoms with E-state index in [1.165, 1.54) is 42.5 Å². The summed E-state index contributed by atoms with van der Waals surface area (Å²) in [5.41, 5.74) is 5.02. The van der Waals surface area contributed by atoms with Gasteiger partial charge in [-0.05, 0) is 63.4 Å². The number of aryl methyl sites for hydroxylation is 1. The molecule has 0 heterocycles. The Morgan fingerprint density at radius 3 is 2.20 bits per heavy atom. The minimum Gasteiger partial charge on any atom is -0.392 e. The largest absolute Gasteiger partial charge is 0.392 e. The zero-order chi connectivity index (χ0) is 29.8. The minimum atomic E-state index is -2.65. The molecule has 0 spiro atoms. The fraction of sp³-hybridized carbons (Fsp3) is 0.548. The van der Waals surface area contributed by atoms with Crippen molar-refractivity contribution in [2.24, 2.45) is 5.41 Å². The highest BCUT2D eigenvalue weighted by atomic mass is 32.3. The highest BCUT2D eigenvalue weighted by molar-refractivity contribution is 8.22. The zero-order valence-electron chi connectivity index (χ0n) is 25.0. The van der Waals surface area contributed by atoms with Crippen LogP contribution in [0.4, 0.5) is 5.69 Å². The lowest BCUT2D eigenvalue weighted by atomic mass is 9.86. The first-order valence-corrected chi connectivity index (χ1v) is 15.7. The van der Waals surface area contributed by atoms with E-state index in [1.807, 2.05) is 18.2 Å². The summed E-state index contributed by atoms with van der Waals surface area (Å²) in [6.07, 6.45) is 5.27. The Balaban J connectivity index is 0.000000693. The molecule has 1 saturated carbocycles. The Morgan fingerprint density at radius 1 is 1.12 bits per heavy atom. The fourth-order valence-electron chi connectivity index (χ4n) is 4.56. The van der Waals surface area contributed by atoms with Crippen molar-refractivity contribution in [3.05, 3.63) is 87.1 Å². The van der Waals surface area contributed by atoms with Gasteiger partial charge in [0.05, 0.1) is 23.9 Å². The number of nitro benzene ring substituents is 1. The number of rotatable bonds is 13. The second kappa shape index (κ2) is 16.1. The van der Waals surface area contributed by atoms with Crippen molar-refractivity contribution in [2.45, 2.75) is 91.0 Å². The molecule has 3 rings (SSSR count). The fourth-order valence-corrected chi connectivity index (χ4v) is 5.99. The van der Waals surface area contributed by atoms with E-state index in [2.05, 4.69) is 56.8 Å². The van der Waals surface area contributed by atoms with Gasteiger partial charge in [0.25, 0.3) is 5.69 Å². The van der Waals surface area contributed by atoms with Crippen molar-refractivity contribution >= 4 is 16.5 Å². The van der Waals surface area contributed by atoms with Crippen LogP contribution < -0.4 is 10.0 Å². The lowest BCUT2D eigenvalue weighted by Crippen LogP contribution is -2.33. The van der Waals surface area contributed by atoms with Crippen LogP contribution in [0.25, 0.3) is 0 Å². The third-order valence-electron chi connectivity index (χ3n) is 6.72. The Hall–Kier alpha value is -2.43. The van der Waals surface area contributed by atoms with Gasteiger partial charge in [0.15, 0.2) is 0 Å². The molecule has 1 aliphatic rings. The number of nitrogens with one attached hydrogen (secondary N) is 2. The Labute approximate surface area is 242 Å². The molecule has 0 aromatic heterocycles. The average molecular weight is 576 g/mol. The third kappa shape index (κ3) is 12.8. The molecule has 2 aromatic carbocycles. The van der Waals surface area contributed by atoms with Gasteiger partial charge in [-0.2, -0.15) is 0 Å². The van der Waals surface area contributed by atoms with Gasteiger partial charge in [-0.3, -0.25) is 18.9 Å². The van der Waals surface area contributed by atoms with Gasteiger partial charge in [-0.1, -0.05) is 74.4 Å². The van der Waals surface area contributed by atoms with Crippen LogP contribution in [0.2, 0.25) is 0 Å². The number of non-ortho nitro benzene ring substituents is 1. The van der Waals surface area contributed by atoms with Gasteiger partial charge >= 0.3 is 0 Å². The molecular formula is C31H49N3O5S. The van der Waals surface area contributed by atoms with E-state index in [1.54, 1.807) is 12.1 Å². The summed E-state index contributed by atoms with van der Waals surface area (Å²) in [5.74, 6) is 0.176. The Kier molecular flexibility index (Phi) is 13.6. The molecule has 0 radical (unpaired) electrons. The maximum Gasteiger partial charge on any atom is 0.269 e. The average Bonchev–Trinajstić information content (AvgIpc) is 2.85. The third-order valence-corrected chi connectivity index (χ3v) is 8.61. The first-order chi connectivity index (χ1) is 18.8. The van der Waals surface area contributed by atoms with Crippen LogP contribution in [0.1, 0.15) is 77.3 Å². The topological polar surface area (TPSA) is 117 Å². The number of aliphatic hydroxyl groups excluding tert-OH is 1. The van der Waals surface area contributed by atoms with Gasteiger partial charge in [-0.25, -0.2) is 4.72 Å². The van der Waals surface area contributed by atoms with Crippen LogP contribution in [0.5, 0.6) is 0 Å². The van der Waals surface area contributed by atoms with Crippen LogP contribution in [0.15, 0.2) is 65.9 Å². The van der Waals surface area contributed by atoms with E-state index >= 15 is 0 Å². The second-order valence-electron chi connectivity index (χ2n) is 11.8. The van der Waals surface area contributed by atoms with Crippen molar-refractivity contribution in [3.8, 4) is 0 Å². The normalized spacial score (nSPS) is 16.9. The van der Waals surface area contributed by atoms with Gasteiger partial charge in [0, 0.05) is 30.4 Å². The van der Waals surface area contributed by atoms with E-state index in [0.29, 0.717) is 12.5 Å². The zero-order valence-corrected chi connectivity index (χ0v) is 25.8. The smallest absolute Gasteiger partial charge is 0.269 e. The summed E-state index contributed by atoms with van der Waals surface area (Å²) in [4.78, 5) is 10.4. The molecule has 9 heteroatoms. The lowest BCUT2D eigenvalue weighted by Gasteiger charge is -2.38. The molecule has 2 aromatic rings. The molecule has 224 valence electrons. The van der Waals surface area contributed by atoms with E-state index in [9.17, 15) is 19.8 Å². The van der Waals surface area contributed by atoms with Crippen molar-refractivity contribution in [1.29, 1.82) is 0 Å². The predicted molar refractivity (Wildman–Crippen MR) is 166 cm³/mol. The Bertz CT molecular complexity index is 1070. The Morgan fingerprint density at radius 2 is 1.75 bits per heavy atom. The van der Waals surface area contributed by atoms with Crippen LogP contribution in [-0.2, 0) is 9.94 Å². The van der Waals surface area contributed by atoms with Gasteiger partial charge in [0.2, 0.25) is 0 Å². The van der Waals surface area contributed by atoms with Gasteiger partial charge < -0.3 is 10.4 Å². The molecule has 1 aliphatic carbocycles. The number of benzene rings is 2. The van der Waals surface area contributed by atoms with E-state index in [0.717, 1.165) is 31.2 Å². The summed E-state index contributed by atoms with van der Waals surface area (Å²) in [6, 6.07) is 16.7. The summed E-state index contributed by atoms with van der Waals surface area (Å²) >= 11 is 0. The summed E-state index contributed by atoms with van der Waals surface area (Å²) in [7, 11) is -1.24. The molecule has 0 amide bonds. The van der Waals surface area contributed by atoms with Gasteiger partial charge in [0.1, 0.15) is 0 Å². The number of hydrogen-bond donors (Lipinski definition) is 4. The molecular weight excluding hydrogens is 526 g/mol. The molecule has 40 heavy (non-hydrogen) atoms. The SMILES string of the molecule is COS(O)(Cc1ccc([N+](=O)[O-])cc1)NCC(O)CCC(NC(C)CC(C)(C)C)=C1CCC1.Cc1ccccc1. The minimum absolute atomic E-state index is 0.0000901. The predicted octanol–water partition coefficient (Wildman–Crippen LogP) is 7.43. The van der Waals surface area contributed by atoms with Crippen LogP contribution in [0, 0.1) is 22.5 Å². The highest BCUT2D eigenvalue weighted by Gasteiger charge is 2.22. The maximum absolute atomic E-state index is 10.8. The van der Waals surface area contributed by atoms with Crippen molar-refractivity contribution in [2.75, 3.05) is 13.7 Å². The van der Waals surface area contributed by atoms with Crippen LogP contribution in [0.3, 0.4) is 0 Å². The molecule has 0 aliphatic heterocycles. The summed E-state index contributed by atoms with van der Waals surface area (Å²) < 4.78 is 19.1. The van der Waals surface area contributed by atoms with Crippen molar-refractivity contribution in [3.63, 3.8) is 0 Å². The van der Waals surface area contributed by atoms with Crippen LogP contribution in [-0.4, -0.2) is 40.4 Å².